The predicted octanol–water partition coefficient (Wildman–Crippen LogP) is 2.13. The van der Waals surface area contributed by atoms with Crippen molar-refractivity contribution in [1.82, 2.24) is 9.97 Å². The lowest BCUT2D eigenvalue weighted by Crippen LogP contribution is -2.18. The Morgan fingerprint density at radius 3 is 3.25 bits per heavy atom. The molecule has 0 aromatic carbocycles. The van der Waals surface area contributed by atoms with Crippen molar-refractivity contribution in [3.05, 3.63) is 27.8 Å². The molecule has 0 fully saturated rings. The molecule has 3 nitrogen and oxygen atoms in total. The summed E-state index contributed by atoms with van der Waals surface area (Å²) in [5.41, 5.74) is 9.55. The average Bonchev–Trinajstić information content (AvgIpc) is 2.78. The minimum absolute atomic E-state index is 0.162. The Hall–Kier alpha value is -1.13. The summed E-state index contributed by atoms with van der Waals surface area (Å²) >= 11 is 1.83. The van der Waals surface area contributed by atoms with Crippen molar-refractivity contribution in [1.29, 1.82) is 0 Å². The first-order valence-corrected chi connectivity index (χ1v) is 6.52. The van der Waals surface area contributed by atoms with Crippen LogP contribution < -0.4 is 5.73 Å². The van der Waals surface area contributed by atoms with Crippen LogP contribution in [0.3, 0.4) is 0 Å². The summed E-state index contributed by atoms with van der Waals surface area (Å²) < 4.78 is 0. The highest BCUT2D eigenvalue weighted by Crippen LogP contribution is 2.35. The average molecular weight is 233 g/mol. The van der Waals surface area contributed by atoms with Crippen molar-refractivity contribution in [3.8, 4) is 11.3 Å². The van der Waals surface area contributed by atoms with E-state index in [4.69, 9.17) is 5.73 Å². The summed E-state index contributed by atoms with van der Waals surface area (Å²) in [6.45, 7) is 2.01. The molecule has 0 amide bonds. The molecule has 2 heterocycles. The zero-order valence-corrected chi connectivity index (χ0v) is 10.1. The normalized spacial score (nSPS) is 15.6. The van der Waals surface area contributed by atoms with Gasteiger partial charge in [-0.05, 0) is 31.2 Å². The van der Waals surface area contributed by atoms with E-state index in [-0.39, 0.29) is 6.04 Å². The molecular formula is C12H15N3S. The Balaban J connectivity index is 2.02. The summed E-state index contributed by atoms with van der Waals surface area (Å²) in [5.74, 6) is 1.03. The fourth-order valence-corrected chi connectivity index (χ4v) is 3.13. The van der Waals surface area contributed by atoms with Crippen LogP contribution in [-0.2, 0) is 19.3 Å². The maximum absolute atomic E-state index is 5.80. The van der Waals surface area contributed by atoms with E-state index in [2.05, 4.69) is 21.4 Å². The standard InChI is InChI=1S/C12H15N3S/c1-7(13)6-11-14-9-2-3-10-8(4-5-16-10)12(9)15-11/h4-5,7H,2-3,6,13H2,1H3,(H,14,15). The van der Waals surface area contributed by atoms with Crippen LogP contribution in [0, 0.1) is 0 Å². The Morgan fingerprint density at radius 2 is 2.44 bits per heavy atom. The van der Waals surface area contributed by atoms with Crippen molar-refractivity contribution in [3.63, 3.8) is 0 Å². The number of aromatic amines is 1. The summed E-state index contributed by atoms with van der Waals surface area (Å²) in [6, 6.07) is 2.34. The van der Waals surface area contributed by atoms with Gasteiger partial charge in [0.05, 0.1) is 5.69 Å². The van der Waals surface area contributed by atoms with E-state index in [1.165, 1.54) is 16.1 Å². The monoisotopic (exact) mass is 233 g/mol. The molecule has 1 aliphatic carbocycles. The van der Waals surface area contributed by atoms with Crippen LogP contribution in [0.15, 0.2) is 11.4 Å². The molecule has 16 heavy (non-hydrogen) atoms. The lowest BCUT2D eigenvalue weighted by molar-refractivity contribution is 0.708. The molecule has 3 N–H and O–H groups in total. The Bertz CT molecular complexity index is 510. The quantitative estimate of drug-likeness (QED) is 0.835. The Kier molecular flexibility index (Phi) is 2.33. The fraction of sp³-hybridized carbons (Fsp3) is 0.417. The van der Waals surface area contributed by atoms with Gasteiger partial charge in [-0.15, -0.1) is 11.3 Å². The maximum atomic E-state index is 5.80. The molecule has 1 unspecified atom stereocenters. The van der Waals surface area contributed by atoms with Gasteiger partial charge in [-0.3, -0.25) is 0 Å². The number of H-pyrrole nitrogens is 1. The number of fused-ring (bicyclic) bond motifs is 3. The smallest absolute Gasteiger partial charge is 0.108 e. The first-order chi connectivity index (χ1) is 7.74. The third-order valence-corrected chi connectivity index (χ3v) is 3.93. The lowest BCUT2D eigenvalue weighted by atomic mass is 10.0. The second-order valence-electron chi connectivity index (χ2n) is 4.45. The molecular weight excluding hydrogens is 218 g/mol. The van der Waals surface area contributed by atoms with Crippen molar-refractivity contribution in [2.75, 3.05) is 0 Å². The number of thiophene rings is 1. The first-order valence-electron chi connectivity index (χ1n) is 5.64. The van der Waals surface area contributed by atoms with Crippen LogP contribution >= 0.6 is 11.3 Å². The van der Waals surface area contributed by atoms with E-state index in [0.29, 0.717) is 0 Å². The third kappa shape index (κ3) is 1.58. The van der Waals surface area contributed by atoms with Gasteiger partial charge in [0.2, 0.25) is 0 Å². The minimum atomic E-state index is 0.162. The largest absolute Gasteiger partial charge is 0.345 e. The minimum Gasteiger partial charge on any atom is -0.345 e. The summed E-state index contributed by atoms with van der Waals surface area (Å²) in [4.78, 5) is 9.55. The predicted molar refractivity (Wildman–Crippen MR) is 66.7 cm³/mol. The highest BCUT2D eigenvalue weighted by molar-refractivity contribution is 7.10. The number of hydrogen-bond acceptors (Lipinski definition) is 3. The molecule has 1 atom stereocenters. The molecule has 0 saturated carbocycles. The molecule has 0 bridgehead atoms. The molecule has 0 spiro atoms. The summed E-state index contributed by atoms with van der Waals surface area (Å²) in [7, 11) is 0. The van der Waals surface area contributed by atoms with E-state index >= 15 is 0 Å². The van der Waals surface area contributed by atoms with Crippen molar-refractivity contribution < 1.29 is 0 Å². The zero-order valence-electron chi connectivity index (χ0n) is 9.29. The number of aryl methyl sites for hydroxylation is 2. The van der Waals surface area contributed by atoms with Gasteiger partial charge in [0.25, 0.3) is 0 Å². The van der Waals surface area contributed by atoms with E-state index in [0.717, 1.165) is 30.8 Å². The van der Waals surface area contributed by atoms with Crippen LogP contribution in [-0.4, -0.2) is 16.0 Å². The topological polar surface area (TPSA) is 54.7 Å². The molecule has 2 aromatic rings. The highest BCUT2D eigenvalue weighted by atomic mass is 32.1. The van der Waals surface area contributed by atoms with E-state index in [1.54, 1.807) is 0 Å². The van der Waals surface area contributed by atoms with Gasteiger partial charge < -0.3 is 10.7 Å². The van der Waals surface area contributed by atoms with E-state index in [9.17, 15) is 0 Å². The van der Waals surface area contributed by atoms with Crippen LogP contribution in [0.5, 0.6) is 0 Å². The number of nitrogens with one attached hydrogen (secondary N) is 1. The van der Waals surface area contributed by atoms with Crippen LogP contribution in [0.4, 0.5) is 0 Å². The zero-order chi connectivity index (χ0) is 11.1. The maximum Gasteiger partial charge on any atom is 0.108 e. The number of imidazole rings is 1. The van der Waals surface area contributed by atoms with Crippen molar-refractivity contribution in [2.24, 2.45) is 5.73 Å². The number of nitrogens with zero attached hydrogens (tertiary/aromatic N) is 1. The van der Waals surface area contributed by atoms with Gasteiger partial charge in [-0.1, -0.05) is 0 Å². The SMILES string of the molecule is CC(N)Cc1nc2c([nH]1)CCc1sccc1-2. The van der Waals surface area contributed by atoms with Crippen molar-refractivity contribution >= 4 is 11.3 Å². The second-order valence-corrected chi connectivity index (χ2v) is 5.45. The number of hydrogen-bond donors (Lipinski definition) is 2. The summed E-state index contributed by atoms with van der Waals surface area (Å²) in [5, 5.41) is 2.15. The molecule has 0 radical (unpaired) electrons. The van der Waals surface area contributed by atoms with Gasteiger partial charge in [0.1, 0.15) is 5.82 Å². The number of rotatable bonds is 2. The van der Waals surface area contributed by atoms with Crippen LogP contribution in [0.2, 0.25) is 0 Å². The van der Waals surface area contributed by atoms with Gasteiger partial charge in [0, 0.05) is 28.6 Å². The van der Waals surface area contributed by atoms with Gasteiger partial charge in [-0.25, -0.2) is 4.98 Å². The van der Waals surface area contributed by atoms with Gasteiger partial charge in [-0.2, -0.15) is 0 Å². The third-order valence-electron chi connectivity index (χ3n) is 2.95. The Labute approximate surface area is 98.7 Å². The summed E-state index contributed by atoms with van der Waals surface area (Å²) in [6.07, 6.45) is 3.04. The van der Waals surface area contributed by atoms with Crippen molar-refractivity contribution in [2.45, 2.75) is 32.2 Å². The van der Waals surface area contributed by atoms with E-state index in [1.807, 2.05) is 18.3 Å². The van der Waals surface area contributed by atoms with Crippen LogP contribution in [0.1, 0.15) is 23.3 Å². The fourth-order valence-electron chi connectivity index (χ4n) is 2.25. The van der Waals surface area contributed by atoms with E-state index < -0.39 is 0 Å². The molecule has 4 heteroatoms. The highest BCUT2D eigenvalue weighted by Gasteiger charge is 2.21. The van der Waals surface area contributed by atoms with Crippen LogP contribution in [0.25, 0.3) is 11.3 Å². The lowest BCUT2D eigenvalue weighted by Gasteiger charge is -2.09. The molecule has 84 valence electrons. The molecule has 0 saturated heterocycles. The molecule has 3 rings (SSSR count). The number of nitrogens with two attached hydrogens (primary N) is 1. The number of aromatic nitrogens is 2. The molecule has 1 aliphatic rings. The van der Waals surface area contributed by atoms with Gasteiger partial charge >= 0.3 is 0 Å². The first kappa shape index (κ1) is 10.1. The molecule has 0 aliphatic heterocycles. The van der Waals surface area contributed by atoms with Gasteiger partial charge in [0.15, 0.2) is 0 Å². The second kappa shape index (κ2) is 3.71. The Morgan fingerprint density at radius 1 is 1.56 bits per heavy atom. The molecule has 2 aromatic heterocycles.